The fourth-order valence-corrected chi connectivity index (χ4v) is 4.16. The quantitative estimate of drug-likeness (QED) is 0.493. The van der Waals surface area contributed by atoms with Crippen LogP contribution in [0.2, 0.25) is 0 Å². The molecule has 3 N–H and O–H groups in total. The smallest absolute Gasteiger partial charge is 0.476 e. The van der Waals surface area contributed by atoms with Gasteiger partial charge in [0.2, 0.25) is 5.69 Å². The summed E-state index contributed by atoms with van der Waals surface area (Å²) >= 11 is 0. The summed E-state index contributed by atoms with van der Waals surface area (Å²) in [5, 5.41) is 25.8. The lowest BCUT2D eigenvalue weighted by atomic mass is 9.82. The first-order valence-corrected chi connectivity index (χ1v) is 11.2. The molecule has 0 atom stereocenters. The SMILES string of the molecule is O=C(O)C(F)(F)F.O=C(O)c1[nH]nnc1OC1CCC(c2ccc(N3CCC(F)(F)CC3)cc2)CC1. The molecular formula is C22H25F5N4O5. The van der Waals surface area contributed by atoms with Crippen molar-refractivity contribution in [2.45, 2.75) is 62.6 Å². The van der Waals surface area contributed by atoms with Crippen LogP contribution in [0.4, 0.5) is 27.6 Å². The Labute approximate surface area is 202 Å². The maximum Gasteiger partial charge on any atom is 0.490 e. The molecule has 9 nitrogen and oxygen atoms in total. The number of benzene rings is 1. The fraction of sp³-hybridized carbons (Fsp3) is 0.545. The van der Waals surface area contributed by atoms with Gasteiger partial charge in [-0.25, -0.2) is 23.5 Å². The largest absolute Gasteiger partial charge is 0.490 e. The molecule has 1 aromatic carbocycles. The number of hydrogen-bond acceptors (Lipinski definition) is 6. The highest BCUT2D eigenvalue weighted by Crippen LogP contribution is 2.36. The number of piperidine rings is 1. The number of aliphatic carboxylic acids is 1. The van der Waals surface area contributed by atoms with Crippen molar-refractivity contribution in [2.24, 2.45) is 0 Å². The number of H-pyrrole nitrogens is 1. The van der Waals surface area contributed by atoms with Gasteiger partial charge in [0.25, 0.3) is 11.8 Å². The molecule has 1 aliphatic heterocycles. The van der Waals surface area contributed by atoms with Gasteiger partial charge >= 0.3 is 18.1 Å². The van der Waals surface area contributed by atoms with E-state index in [2.05, 4.69) is 27.5 Å². The first-order chi connectivity index (χ1) is 16.9. The first kappa shape index (κ1) is 27.1. The number of carboxylic acid groups (broad SMARTS) is 2. The molecule has 4 rings (SSSR count). The number of anilines is 1. The minimum absolute atomic E-state index is 0.0393. The summed E-state index contributed by atoms with van der Waals surface area (Å²) in [6.07, 6.45) is -1.87. The van der Waals surface area contributed by atoms with Crippen LogP contribution >= 0.6 is 0 Å². The number of nitrogens with one attached hydrogen (secondary N) is 1. The van der Waals surface area contributed by atoms with Crippen molar-refractivity contribution in [2.75, 3.05) is 18.0 Å². The Bertz CT molecular complexity index is 1030. The number of hydrogen-bond donors (Lipinski definition) is 3. The van der Waals surface area contributed by atoms with Gasteiger partial charge in [-0.3, -0.25) is 0 Å². The number of rotatable bonds is 5. The van der Waals surface area contributed by atoms with Crippen LogP contribution in [0.1, 0.15) is 60.5 Å². The second-order valence-corrected chi connectivity index (χ2v) is 8.63. The summed E-state index contributed by atoms with van der Waals surface area (Å²) in [6, 6.07) is 8.23. The van der Waals surface area contributed by atoms with Crippen molar-refractivity contribution in [3.63, 3.8) is 0 Å². The summed E-state index contributed by atoms with van der Waals surface area (Å²) in [5.74, 6) is -5.99. The molecule has 0 amide bonds. The fourth-order valence-electron chi connectivity index (χ4n) is 4.16. The average molecular weight is 520 g/mol. The third kappa shape index (κ3) is 7.28. The van der Waals surface area contributed by atoms with Crippen molar-refractivity contribution >= 4 is 17.6 Å². The molecule has 1 aromatic heterocycles. The van der Waals surface area contributed by atoms with Crippen LogP contribution in [-0.2, 0) is 4.79 Å². The summed E-state index contributed by atoms with van der Waals surface area (Å²) in [5.41, 5.74) is 2.11. The predicted molar refractivity (Wildman–Crippen MR) is 115 cm³/mol. The number of carbonyl (C=O) groups is 2. The number of nitrogens with zero attached hydrogens (tertiary/aromatic N) is 3. The Kier molecular flexibility index (Phi) is 8.35. The van der Waals surface area contributed by atoms with Crippen LogP contribution in [0.25, 0.3) is 0 Å². The van der Waals surface area contributed by atoms with Crippen LogP contribution in [0.15, 0.2) is 24.3 Å². The van der Waals surface area contributed by atoms with Gasteiger partial charge in [-0.05, 0) is 49.3 Å². The molecule has 0 unspecified atom stereocenters. The van der Waals surface area contributed by atoms with Gasteiger partial charge in [-0.15, -0.1) is 0 Å². The molecule has 36 heavy (non-hydrogen) atoms. The lowest BCUT2D eigenvalue weighted by Gasteiger charge is -2.34. The standard InChI is InChI=1S/C20H24F2N4O3.C2HF3O2/c21-20(22)9-11-26(12-10-20)15-5-1-13(2-6-15)14-3-7-16(8-4-14)29-18-17(19(27)28)23-25-24-18;3-2(4,5)1(6)7/h1-2,5-6,14,16H,3-4,7-12H2,(H,27,28)(H,23,24,25);(H,6,7). The molecule has 14 heteroatoms. The maximum absolute atomic E-state index is 13.3. The lowest BCUT2D eigenvalue weighted by Crippen LogP contribution is -2.39. The zero-order valence-electron chi connectivity index (χ0n) is 19.0. The molecule has 2 aromatic rings. The van der Waals surface area contributed by atoms with E-state index in [4.69, 9.17) is 19.7 Å². The van der Waals surface area contributed by atoms with E-state index in [1.807, 2.05) is 17.0 Å². The number of aromatic carboxylic acids is 1. The van der Waals surface area contributed by atoms with Gasteiger partial charge in [0.1, 0.15) is 6.10 Å². The van der Waals surface area contributed by atoms with Crippen LogP contribution in [0.5, 0.6) is 5.88 Å². The Morgan fingerprint density at radius 2 is 1.58 bits per heavy atom. The van der Waals surface area contributed by atoms with Crippen molar-refractivity contribution in [3.05, 3.63) is 35.5 Å². The van der Waals surface area contributed by atoms with Crippen LogP contribution in [0, 0.1) is 0 Å². The Hall–Kier alpha value is -3.45. The number of alkyl halides is 5. The van der Waals surface area contributed by atoms with E-state index in [0.717, 1.165) is 31.4 Å². The van der Waals surface area contributed by atoms with E-state index in [-0.39, 0.29) is 30.5 Å². The number of ether oxygens (including phenoxy) is 1. The predicted octanol–water partition coefficient (Wildman–Crippen LogP) is 4.48. The van der Waals surface area contributed by atoms with Crippen molar-refractivity contribution in [3.8, 4) is 5.88 Å². The highest BCUT2D eigenvalue weighted by Gasteiger charge is 2.38. The minimum Gasteiger partial charge on any atom is -0.476 e. The summed E-state index contributed by atoms with van der Waals surface area (Å²) in [7, 11) is 0. The van der Waals surface area contributed by atoms with Crippen molar-refractivity contribution in [1.29, 1.82) is 0 Å². The van der Waals surface area contributed by atoms with E-state index in [1.54, 1.807) is 0 Å². The molecule has 198 valence electrons. The Balaban J connectivity index is 0.000000454. The van der Waals surface area contributed by atoms with Gasteiger partial charge in [0.15, 0.2) is 0 Å². The van der Waals surface area contributed by atoms with E-state index in [9.17, 15) is 26.7 Å². The maximum atomic E-state index is 13.3. The summed E-state index contributed by atoms with van der Waals surface area (Å²) in [4.78, 5) is 22.0. The molecule has 1 saturated heterocycles. The molecule has 2 heterocycles. The monoisotopic (exact) mass is 520 g/mol. The number of halogens is 5. The highest BCUT2D eigenvalue weighted by atomic mass is 19.4. The molecular weight excluding hydrogens is 495 g/mol. The normalized spacial score (nSPS) is 21.8. The molecule has 1 aliphatic carbocycles. The molecule has 2 aliphatic rings. The van der Waals surface area contributed by atoms with Gasteiger partial charge in [0, 0.05) is 31.6 Å². The summed E-state index contributed by atoms with van der Waals surface area (Å²) < 4.78 is 64.1. The Morgan fingerprint density at radius 1 is 1.03 bits per heavy atom. The second-order valence-electron chi connectivity index (χ2n) is 8.63. The van der Waals surface area contributed by atoms with Crippen molar-refractivity contribution in [1.82, 2.24) is 15.4 Å². The lowest BCUT2D eigenvalue weighted by molar-refractivity contribution is -0.192. The number of aromatic amines is 1. The van der Waals surface area contributed by atoms with Crippen LogP contribution in [0.3, 0.4) is 0 Å². The third-order valence-electron chi connectivity index (χ3n) is 6.15. The van der Waals surface area contributed by atoms with Gasteiger partial charge in [-0.1, -0.05) is 22.4 Å². The van der Waals surface area contributed by atoms with Crippen LogP contribution < -0.4 is 9.64 Å². The van der Waals surface area contributed by atoms with E-state index in [1.165, 1.54) is 5.56 Å². The number of aromatic nitrogens is 3. The molecule has 0 radical (unpaired) electrons. The first-order valence-electron chi connectivity index (χ1n) is 11.2. The number of carboxylic acids is 2. The third-order valence-corrected chi connectivity index (χ3v) is 6.15. The molecule has 2 fully saturated rings. The molecule has 1 saturated carbocycles. The van der Waals surface area contributed by atoms with E-state index < -0.39 is 24.0 Å². The van der Waals surface area contributed by atoms with Crippen LogP contribution in [-0.4, -0.2) is 68.9 Å². The second kappa shape index (κ2) is 11.1. The van der Waals surface area contributed by atoms with Crippen molar-refractivity contribution < 1.29 is 46.5 Å². The zero-order valence-corrected chi connectivity index (χ0v) is 19.0. The van der Waals surface area contributed by atoms with Gasteiger partial charge in [-0.2, -0.15) is 13.2 Å². The Morgan fingerprint density at radius 3 is 2.08 bits per heavy atom. The van der Waals surface area contributed by atoms with E-state index >= 15 is 0 Å². The topological polar surface area (TPSA) is 129 Å². The van der Waals surface area contributed by atoms with Gasteiger partial charge < -0.3 is 19.8 Å². The van der Waals surface area contributed by atoms with E-state index in [0.29, 0.717) is 19.0 Å². The summed E-state index contributed by atoms with van der Waals surface area (Å²) in [6.45, 7) is 0.768. The molecule has 0 bridgehead atoms. The average Bonchev–Trinajstić information content (AvgIpc) is 3.28. The zero-order chi connectivity index (χ0) is 26.5. The molecule has 0 spiro atoms. The highest BCUT2D eigenvalue weighted by molar-refractivity contribution is 5.87. The van der Waals surface area contributed by atoms with Gasteiger partial charge in [0.05, 0.1) is 0 Å². The minimum atomic E-state index is -5.08.